The quantitative estimate of drug-likeness (QED) is 0.0962. The van der Waals surface area contributed by atoms with Gasteiger partial charge in [-0.3, -0.25) is 0 Å². The van der Waals surface area contributed by atoms with Gasteiger partial charge in [-0.1, -0.05) is 158 Å². The van der Waals surface area contributed by atoms with Crippen LogP contribution in [0.15, 0.2) is 182 Å². The molecule has 8 aromatic carbocycles. The molecule has 0 saturated heterocycles. The molecule has 0 atom stereocenters. The first-order valence-electron chi connectivity index (χ1n) is 18.9. The maximum absolute atomic E-state index is 14.0. The van der Waals surface area contributed by atoms with Crippen LogP contribution in [0.3, 0.4) is 0 Å². The predicted octanol–water partition coefficient (Wildman–Crippen LogP) is 14.9. The van der Waals surface area contributed by atoms with Crippen LogP contribution in [0, 0.1) is 23.3 Å². The first-order valence-corrected chi connectivity index (χ1v) is 18.9. The molecular formula is C54H36F4. The monoisotopic (exact) mass is 760 g/mol. The van der Waals surface area contributed by atoms with E-state index in [0.717, 1.165) is 77.6 Å². The van der Waals surface area contributed by atoms with E-state index in [1.165, 1.54) is 48.5 Å². The molecule has 58 heavy (non-hydrogen) atoms. The van der Waals surface area contributed by atoms with Gasteiger partial charge in [-0.15, -0.1) is 0 Å². The Labute approximate surface area is 335 Å². The number of hydrogen-bond acceptors (Lipinski definition) is 0. The van der Waals surface area contributed by atoms with Gasteiger partial charge in [-0.2, -0.15) is 0 Å². The van der Waals surface area contributed by atoms with E-state index in [9.17, 15) is 17.6 Å². The number of fused-ring (bicyclic) bond motifs is 1. The zero-order chi connectivity index (χ0) is 39.8. The molecule has 0 N–H and O–H groups in total. The molecular weight excluding hydrogens is 725 g/mol. The molecule has 0 aliphatic rings. The topological polar surface area (TPSA) is 0 Å². The second kappa shape index (κ2) is 17.2. The lowest BCUT2D eigenvalue weighted by molar-refractivity contribution is 0.627. The zero-order valence-corrected chi connectivity index (χ0v) is 31.3. The van der Waals surface area contributed by atoms with Gasteiger partial charge in [0.05, 0.1) is 0 Å². The average Bonchev–Trinajstić information content (AvgIpc) is 3.25. The second-order valence-corrected chi connectivity index (χ2v) is 13.9. The minimum atomic E-state index is -0.329. The van der Waals surface area contributed by atoms with E-state index in [-0.39, 0.29) is 23.3 Å². The summed E-state index contributed by atoms with van der Waals surface area (Å²) in [5, 5.41) is 2.20. The SMILES string of the molecule is Fc1ccc(C(=Cc2ccccc2C=Cc2ccc3ccccc3c2C=Cc2ccccc2C=C(c2ccc(F)cc2)c2ccc(F)cc2)c2ccc(F)cc2)cc1. The van der Waals surface area contributed by atoms with Crippen LogP contribution in [-0.4, -0.2) is 0 Å². The molecule has 0 saturated carbocycles. The summed E-state index contributed by atoms with van der Waals surface area (Å²) in [7, 11) is 0. The fourth-order valence-electron chi connectivity index (χ4n) is 7.08. The van der Waals surface area contributed by atoms with Crippen molar-refractivity contribution in [1.82, 2.24) is 0 Å². The second-order valence-electron chi connectivity index (χ2n) is 13.9. The molecule has 0 radical (unpaired) electrons. The van der Waals surface area contributed by atoms with Crippen LogP contribution in [0.1, 0.15) is 55.6 Å². The van der Waals surface area contributed by atoms with Crippen LogP contribution >= 0.6 is 0 Å². The fourth-order valence-corrected chi connectivity index (χ4v) is 7.08. The first-order chi connectivity index (χ1) is 28.4. The Kier molecular flexibility index (Phi) is 11.2. The maximum atomic E-state index is 14.0. The molecule has 0 aromatic heterocycles. The Bertz CT molecular complexity index is 2730. The highest BCUT2D eigenvalue weighted by Crippen LogP contribution is 2.32. The predicted molar refractivity (Wildman–Crippen MR) is 234 cm³/mol. The van der Waals surface area contributed by atoms with Gasteiger partial charge in [0, 0.05) is 0 Å². The van der Waals surface area contributed by atoms with Crippen molar-refractivity contribution in [3.63, 3.8) is 0 Å². The maximum Gasteiger partial charge on any atom is 0.123 e. The molecule has 0 fully saturated rings. The first kappa shape index (κ1) is 37.6. The Morgan fingerprint density at radius 3 is 1.07 bits per heavy atom. The van der Waals surface area contributed by atoms with Crippen molar-refractivity contribution in [3.8, 4) is 0 Å². The van der Waals surface area contributed by atoms with Gasteiger partial charge >= 0.3 is 0 Å². The summed E-state index contributed by atoms with van der Waals surface area (Å²) < 4.78 is 55.8. The molecule has 4 heteroatoms. The molecule has 0 nitrogen and oxygen atoms in total. The van der Waals surface area contributed by atoms with Crippen molar-refractivity contribution in [2.45, 2.75) is 0 Å². The smallest absolute Gasteiger partial charge is 0.123 e. The van der Waals surface area contributed by atoms with Crippen molar-refractivity contribution >= 4 is 58.4 Å². The van der Waals surface area contributed by atoms with Crippen molar-refractivity contribution < 1.29 is 17.6 Å². The van der Waals surface area contributed by atoms with E-state index in [2.05, 4.69) is 66.8 Å². The standard InChI is InChI=1S/C54H36F4/c55-47-26-17-41(18-27-47)53(42-19-28-48(56)29-20-42)35-45-10-3-1-7-37(45)13-14-40-16-15-39-9-5-6-12-51(39)52(40)34-25-38-8-2-4-11-46(38)36-54(43-21-30-49(57)31-22-43)44-23-32-50(58)33-24-44/h1-36H. The number of hydrogen-bond donors (Lipinski definition) is 0. The molecule has 0 spiro atoms. The molecule has 0 amide bonds. The van der Waals surface area contributed by atoms with Crippen LogP contribution in [0.4, 0.5) is 17.6 Å². The molecule has 0 heterocycles. The summed E-state index contributed by atoms with van der Waals surface area (Å²) in [6.07, 6.45) is 12.6. The minimum Gasteiger partial charge on any atom is -0.207 e. The molecule has 0 aliphatic carbocycles. The van der Waals surface area contributed by atoms with E-state index in [0.29, 0.717) is 0 Å². The van der Waals surface area contributed by atoms with Crippen molar-refractivity contribution in [2.75, 3.05) is 0 Å². The van der Waals surface area contributed by atoms with E-state index in [1.54, 1.807) is 48.5 Å². The number of benzene rings is 8. The summed E-state index contributed by atoms with van der Waals surface area (Å²) in [5.74, 6) is -1.31. The van der Waals surface area contributed by atoms with Crippen molar-refractivity contribution in [1.29, 1.82) is 0 Å². The lowest BCUT2D eigenvalue weighted by atomic mass is 9.93. The molecule has 8 rings (SSSR count). The van der Waals surface area contributed by atoms with Crippen molar-refractivity contribution in [2.24, 2.45) is 0 Å². The molecule has 8 aromatic rings. The Morgan fingerprint density at radius 2 is 0.638 bits per heavy atom. The largest absolute Gasteiger partial charge is 0.207 e. The fraction of sp³-hybridized carbons (Fsp3) is 0. The molecule has 280 valence electrons. The lowest BCUT2D eigenvalue weighted by Gasteiger charge is -2.12. The number of rotatable bonds is 10. The van der Waals surface area contributed by atoms with Crippen molar-refractivity contribution in [3.05, 3.63) is 261 Å². The van der Waals surface area contributed by atoms with E-state index in [1.807, 2.05) is 54.6 Å². The van der Waals surface area contributed by atoms with Crippen LogP contribution in [0.2, 0.25) is 0 Å². The van der Waals surface area contributed by atoms with Crippen LogP contribution < -0.4 is 0 Å². The third-order valence-electron chi connectivity index (χ3n) is 10.1. The van der Waals surface area contributed by atoms with Gasteiger partial charge < -0.3 is 0 Å². The zero-order valence-electron chi connectivity index (χ0n) is 31.3. The summed E-state index contributed by atoms with van der Waals surface area (Å²) in [5.41, 5.74) is 10.8. The van der Waals surface area contributed by atoms with Gasteiger partial charge in [-0.25, -0.2) is 17.6 Å². The minimum absolute atomic E-state index is 0.328. The third kappa shape index (κ3) is 8.72. The van der Waals surface area contributed by atoms with Crippen LogP contribution in [0.5, 0.6) is 0 Å². The van der Waals surface area contributed by atoms with Gasteiger partial charge in [-0.05, 0) is 138 Å². The van der Waals surface area contributed by atoms with E-state index in [4.69, 9.17) is 0 Å². The summed E-state index contributed by atoms with van der Waals surface area (Å²) in [4.78, 5) is 0. The van der Waals surface area contributed by atoms with Gasteiger partial charge in [0.2, 0.25) is 0 Å². The molecule has 0 unspecified atom stereocenters. The van der Waals surface area contributed by atoms with E-state index < -0.39 is 0 Å². The third-order valence-corrected chi connectivity index (χ3v) is 10.1. The van der Waals surface area contributed by atoms with Gasteiger partial charge in [0.1, 0.15) is 23.3 Å². The number of halogens is 4. The molecule has 0 aliphatic heterocycles. The highest BCUT2D eigenvalue weighted by molar-refractivity contribution is 5.99. The average molecular weight is 761 g/mol. The normalized spacial score (nSPS) is 11.3. The van der Waals surface area contributed by atoms with Crippen LogP contribution in [-0.2, 0) is 0 Å². The summed E-state index contributed by atoms with van der Waals surface area (Å²) in [6, 6.07) is 53.9. The Morgan fingerprint density at radius 1 is 0.293 bits per heavy atom. The summed E-state index contributed by atoms with van der Waals surface area (Å²) >= 11 is 0. The summed E-state index contributed by atoms with van der Waals surface area (Å²) in [6.45, 7) is 0. The van der Waals surface area contributed by atoms with Crippen LogP contribution in [0.25, 0.3) is 58.4 Å². The lowest BCUT2D eigenvalue weighted by Crippen LogP contribution is -1.91. The Hall–Kier alpha value is -7.30. The van der Waals surface area contributed by atoms with Gasteiger partial charge in [0.15, 0.2) is 0 Å². The highest BCUT2D eigenvalue weighted by Gasteiger charge is 2.11. The highest BCUT2D eigenvalue weighted by atomic mass is 19.1. The van der Waals surface area contributed by atoms with Gasteiger partial charge in [0.25, 0.3) is 0 Å². The Balaban J connectivity index is 1.19. The molecule has 0 bridgehead atoms. The van der Waals surface area contributed by atoms with E-state index >= 15 is 0 Å².